The lowest BCUT2D eigenvalue weighted by atomic mass is 10.2. The van der Waals surface area contributed by atoms with Crippen LogP contribution in [-0.2, 0) is 14.3 Å². The Morgan fingerprint density at radius 1 is 1.30 bits per heavy atom. The molecule has 2 heterocycles. The molecule has 0 radical (unpaired) electrons. The summed E-state index contributed by atoms with van der Waals surface area (Å²) in [5.41, 5.74) is 0.963. The molecule has 0 N–H and O–H groups in total. The van der Waals surface area contributed by atoms with Crippen molar-refractivity contribution in [2.24, 2.45) is 4.99 Å². The maximum absolute atomic E-state index is 11.8. The molecule has 1 saturated heterocycles. The van der Waals surface area contributed by atoms with Gasteiger partial charge in [-0.1, -0.05) is 53.9 Å². The van der Waals surface area contributed by atoms with Gasteiger partial charge in [0.25, 0.3) is 5.91 Å². The van der Waals surface area contributed by atoms with Crippen LogP contribution in [-0.4, -0.2) is 28.1 Å². The van der Waals surface area contributed by atoms with Crippen molar-refractivity contribution in [3.05, 3.63) is 40.8 Å². The zero-order chi connectivity index (χ0) is 13.9. The second-order valence-electron chi connectivity index (χ2n) is 4.27. The van der Waals surface area contributed by atoms with Gasteiger partial charge in [0, 0.05) is 6.42 Å². The number of esters is 1. The largest absolute Gasteiger partial charge is 0.465 e. The Morgan fingerprint density at radius 2 is 2.10 bits per heavy atom. The number of amides is 1. The Bertz CT molecular complexity index is 610. The molecule has 0 aromatic heterocycles. The van der Waals surface area contributed by atoms with Gasteiger partial charge in [0.1, 0.15) is 9.63 Å². The van der Waals surface area contributed by atoms with E-state index in [-0.39, 0.29) is 17.1 Å². The molecule has 0 spiro atoms. The van der Waals surface area contributed by atoms with E-state index >= 15 is 0 Å². The molecule has 6 heteroatoms. The predicted molar refractivity (Wildman–Crippen MR) is 81.4 cm³/mol. The molecule has 0 bridgehead atoms. The van der Waals surface area contributed by atoms with Crippen molar-refractivity contribution in [1.29, 1.82) is 0 Å². The molecule has 2 aliphatic heterocycles. The molecule has 102 valence electrons. The van der Waals surface area contributed by atoms with E-state index in [2.05, 4.69) is 4.99 Å². The molecule has 0 unspecified atom stereocenters. The van der Waals surface area contributed by atoms with Gasteiger partial charge in [-0.3, -0.25) is 9.59 Å². The Labute approximate surface area is 124 Å². The number of thioether (sulfide) groups is 2. The zero-order valence-electron chi connectivity index (χ0n) is 10.4. The molecule has 4 nitrogen and oxygen atoms in total. The third-order valence-electron chi connectivity index (χ3n) is 2.83. The number of carbonyl (C=O) groups is 2. The smallest absolute Gasteiger partial charge is 0.319 e. The number of rotatable bonds is 2. The summed E-state index contributed by atoms with van der Waals surface area (Å²) in [7, 11) is 0. The zero-order valence-corrected chi connectivity index (χ0v) is 12.1. The van der Waals surface area contributed by atoms with Gasteiger partial charge in [-0.05, 0) is 11.6 Å². The van der Waals surface area contributed by atoms with Crippen molar-refractivity contribution < 1.29 is 14.3 Å². The van der Waals surface area contributed by atoms with Crippen LogP contribution >= 0.6 is 23.5 Å². The monoisotopic (exact) mass is 305 g/mol. The highest BCUT2D eigenvalue weighted by Crippen LogP contribution is 2.37. The molecule has 3 rings (SSSR count). The normalized spacial score (nSPS) is 24.1. The standard InChI is InChI=1S/C14H11NO3S2/c16-12-11(8-9-4-2-1-3-5-9)20-14(15-12)19-10-6-7-18-13(10)17/h1-5,8,10H,6-7H2/b11-8+/t10-/m1/s1. The number of cyclic esters (lactones) is 1. The van der Waals surface area contributed by atoms with Gasteiger partial charge in [0.15, 0.2) is 0 Å². The van der Waals surface area contributed by atoms with Crippen LogP contribution in [0.1, 0.15) is 12.0 Å². The first kappa shape index (κ1) is 13.5. The topological polar surface area (TPSA) is 55.7 Å². The van der Waals surface area contributed by atoms with Gasteiger partial charge >= 0.3 is 5.97 Å². The minimum atomic E-state index is -0.243. The van der Waals surface area contributed by atoms with Crippen molar-refractivity contribution >= 4 is 45.9 Å². The van der Waals surface area contributed by atoms with Crippen LogP contribution in [0.3, 0.4) is 0 Å². The van der Waals surface area contributed by atoms with Crippen LogP contribution in [0.25, 0.3) is 6.08 Å². The third kappa shape index (κ3) is 2.96. The van der Waals surface area contributed by atoms with Gasteiger partial charge < -0.3 is 4.74 Å². The van der Waals surface area contributed by atoms with Crippen molar-refractivity contribution in [2.45, 2.75) is 11.7 Å². The van der Waals surface area contributed by atoms with Gasteiger partial charge in [-0.2, -0.15) is 4.99 Å². The minimum absolute atomic E-state index is 0.216. The second-order valence-corrected chi connectivity index (χ2v) is 6.75. The van der Waals surface area contributed by atoms with E-state index in [0.717, 1.165) is 5.56 Å². The van der Waals surface area contributed by atoms with E-state index in [0.29, 0.717) is 22.3 Å². The number of carbonyl (C=O) groups excluding carboxylic acids is 2. The summed E-state index contributed by atoms with van der Waals surface area (Å²) in [4.78, 5) is 27.8. The van der Waals surface area contributed by atoms with Crippen LogP contribution in [0, 0.1) is 0 Å². The summed E-state index contributed by atoms with van der Waals surface area (Å²) in [6.07, 6.45) is 2.49. The molecule has 1 aromatic rings. The summed E-state index contributed by atoms with van der Waals surface area (Å²) >= 11 is 2.64. The molecule has 20 heavy (non-hydrogen) atoms. The number of nitrogens with zero attached hydrogens (tertiary/aromatic N) is 1. The summed E-state index contributed by atoms with van der Waals surface area (Å²) in [6, 6.07) is 9.62. The van der Waals surface area contributed by atoms with Crippen LogP contribution < -0.4 is 0 Å². The molecule has 1 fully saturated rings. The lowest BCUT2D eigenvalue weighted by Crippen LogP contribution is -2.10. The van der Waals surface area contributed by atoms with Crippen molar-refractivity contribution in [3.63, 3.8) is 0 Å². The van der Waals surface area contributed by atoms with E-state index in [1.165, 1.54) is 23.5 Å². The quantitative estimate of drug-likeness (QED) is 0.621. The minimum Gasteiger partial charge on any atom is -0.465 e. The highest BCUT2D eigenvalue weighted by atomic mass is 32.2. The summed E-state index contributed by atoms with van der Waals surface area (Å²) in [6.45, 7) is 0.453. The fourth-order valence-electron chi connectivity index (χ4n) is 1.85. The first-order valence-electron chi connectivity index (χ1n) is 6.13. The molecule has 1 amide bonds. The SMILES string of the molecule is O=C1N=C(S[C@@H]2CCOC2=O)S/C1=C/c1ccccc1. The highest BCUT2D eigenvalue weighted by Gasteiger charge is 2.32. The first-order valence-corrected chi connectivity index (χ1v) is 7.83. The summed E-state index contributed by atoms with van der Waals surface area (Å²) in [5, 5.41) is -0.231. The molecule has 2 aliphatic rings. The Morgan fingerprint density at radius 3 is 2.80 bits per heavy atom. The fourth-order valence-corrected chi connectivity index (χ4v) is 4.06. The molecule has 1 atom stereocenters. The molecule has 0 saturated carbocycles. The Hall–Kier alpha value is -1.53. The van der Waals surface area contributed by atoms with E-state index < -0.39 is 0 Å². The van der Waals surface area contributed by atoms with Crippen LogP contribution in [0.15, 0.2) is 40.2 Å². The van der Waals surface area contributed by atoms with E-state index in [4.69, 9.17) is 4.74 Å². The van der Waals surface area contributed by atoms with E-state index in [1.807, 2.05) is 36.4 Å². The molecular weight excluding hydrogens is 294 g/mol. The van der Waals surface area contributed by atoms with Gasteiger partial charge in [-0.25, -0.2) is 0 Å². The lowest BCUT2D eigenvalue weighted by molar-refractivity contribution is -0.137. The van der Waals surface area contributed by atoms with Crippen LogP contribution in [0.4, 0.5) is 0 Å². The molecule has 1 aromatic carbocycles. The molecule has 0 aliphatic carbocycles. The van der Waals surface area contributed by atoms with Crippen molar-refractivity contribution in [1.82, 2.24) is 0 Å². The number of hydrogen-bond donors (Lipinski definition) is 0. The third-order valence-corrected chi connectivity index (χ3v) is 5.15. The first-order chi connectivity index (χ1) is 9.72. The number of hydrogen-bond acceptors (Lipinski definition) is 5. The van der Waals surface area contributed by atoms with Crippen molar-refractivity contribution in [3.8, 4) is 0 Å². The predicted octanol–water partition coefficient (Wildman–Crippen LogP) is 2.71. The summed E-state index contributed by atoms with van der Waals surface area (Å²) in [5.74, 6) is -0.459. The number of ether oxygens (including phenoxy) is 1. The average molecular weight is 305 g/mol. The van der Waals surface area contributed by atoms with Gasteiger partial charge in [0.05, 0.1) is 11.5 Å². The number of aliphatic imine (C=N–C) groups is 1. The maximum atomic E-state index is 11.8. The van der Waals surface area contributed by atoms with Crippen LogP contribution in [0.5, 0.6) is 0 Å². The maximum Gasteiger partial charge on any atom is 0.319 e. The number of benzene rings is 1. The van der Waals surface area contributed by atoms with Gasteiger partial charge in [-0.15, -0.1) is 0 Å². The summed E-state index contributed by atoms with van der Waals surface area (Å²) < 4.78 is 5.53. The lowest BCUT2D eigenvalue weighted by Gasteiger charge is -2.02. The van der Waals surface area contributed by atoms with Gasteiger partial charge in [0.2, 0.25) is 0 Å². The molecular formula is C14H11NO3S2. The second kappa shape index (κ2) is 5.85. The Kier molecular flexibility index (Phi) is 3.93. The average Bonchev–Trinajstić information content (AvgIpc) is 2.99. The fraction of sp³-hybridized carbons (Fsp3) is 0.214. The van der Waals surface area contributed by atoms with E-state index in [9.17, 15) is 9.59 Å². The van der Waals surface area contributed by atoms with Crippen LogP contribution in [0.2, 0.25) is 0 Å². The Balaban J connectivity index is 1.69. The highest BCUT2D eigenvalue weighted by molar-refractivity contribution is 8.41. The van der Waals surface area contributed by atoms with Crippen molar-refractivity contribution in [2.75, 3.05) is 6.61 Å². The van der Waals surface area contributed by atoms with E-state index in [1.54, 1.807) is 0 Å².